The van der Waals surface area contributed by atoms with Gasteiger partial charge in [-0.2, -0.15) is 0 Å². The number of carbonyl (C=O) groups excluding carboxylic acids is 1. The zero-order valence-corrected chi connectivity index (χ0v) is 16.2. The lowest BCUT2D eigenvalue weighted by Gasteiger charge is -2.30. The van der Waals surface area contributed by atoms with E-state index in [4.69, 9.17) is 4.74 Å². The number of fused-ring (bicyclic) bond motifs is 3. The molecule has 0 fully saturated rings. The summed E-state index contributed by atoms with van der Waals surface area (Å²) in [5, 5.41) is 3.13. The number of carbonyl (C=O) groups is 1. The van der Waals surface area contributed by atoms with Crippen molar-refractivity contribution in [1.82, 2.24) is 5.32 Å². The van der Waals surface area contributed by atoms with Gasteiger partial charge in [-0.15, -0.1) is 0 Å². The molecule has 0 saturated heterocycles. The Bertz CT molecular complexity index is 920. The first kappa shape index (κ1) is 18.5. The van der Waals surface area contributed by atoms with Crippen molar-refractivity contribution >= 4 is 5.91 Å². The molecule has 3 nitrogen and oxygen atoms in total. The minimum absolute atomic E-state index is 0.0137. The molecule has 0 spiro atoms. The summed E-state index contributed by atoms with van der Waals surface area (Å²) in [7, 11) is 0. The lowest BCUT2D eigenvalue weighted by atomic mass is 9.78. The van der Waals surface area contributed by atoms with Gasteiger partial charge in [0.05, 0.1) is 13.2 Å². The second-order valence-electron chi connectivity index (χ2n) is 7.23. The number of amides is 1. The summed E-state index contributed by atoms with van der Waals surface area (Å²) in [5.74, 6) is 0.0137. The second-order valence-corrected chi connectivity index (χ2v) is 7.23. The summed E-state index contributed by atoms with van der Waals surface area (Å²) in [6.07, 6.45) is 0.899. The van der Waals surface area contributed by atoms with Crippen molar-refractivity contribution in [3.8, 4) is 11.1 Å². The lowest BCUT2D eigenvalue weighted by molar-refractivity contribution is -0.127. The fourth-order valence-corrected chi connectivity index (χ4v) is 4.08. The number of benzene rings is 3. The van der Waals surface area contributed by atoms with Gasteiger partial charge in [0.25, 0.3) is 0 Å². The molecular formula is C25H25NO2. The van der Waals surface area contributed by atoms with Gasteiger partial charge in [-0.3, -0.25) is 4.79 Å². The first-order chi connectivity index (χ1) is 13.8. The van der Waals surface area contributed by atoms with E-state index in [1.165, 1.54) is 0 Å². The number of hydrogen-bond acceptors (Lipinski definition) is 2. The maximum atomic E-state index is 13.5. The molecule has 0 radical (unpaired) electrons. The molecule has 3 aromatic rings. The van der Waals surface area contributed by atoms with Gasteiger partial charge in [-0.05, 0) is 34.2 Å². The molecule has 0 saturated carbocycles. The molecule has 1 N–H and O–H groups in total. The second kappa shape index (κ2) is 7.99. The minimum Gasteiger partial charge on any atom is -0.375 e. The van der Waals surface area contributed by atoms with Crippen LogP contribution in [0.15, 0.2) is 78.9 Å². The highest BCUT2D eigenvalue weighted by atomic mass is 16.5. The maximum absolute atomic E-state index is 13.5. The molecule has 28 heavy (non-hydrogen) atoms. The Morgan fingerprint density at radius 1 is 0.857 bits per heavy atom. The average Bonchev–Trinajstić information content (AvgIpc) is 3.04. The van der Waals surface area contributed by atoms with E-state index in [1.807, 2.05) is 54.6 Å². The molecule has 1 aliphatic rings. The van der Waals surface area contributed by atoms with Crippen LogP contribution in [0.2, 0.25) is 0 Å². The third kappa shape index (κ3) is 3.12. The fourth-order valence-electron chi connectivity index (χ4n) is 4.08. The van der Waals surface area contributed by atoms with Crippen LogP contribution >= 0.6 is 0 Å². The quantitative estimate of drug-likeness (QED) is 0.654. The SMILES string of the molecule is CCCNC(=O)C1(COCc2ccccc2)c2ccccc2-c2ccccc21. The number of ether oxygens (including phenoxy) is 1. The van der Waals surface area contributed by atoms with E-state index in [0.717, 1.165) is 34.2 Å². The zero-order valence-electron chi connectivity index (χ0n) is 16.2. The van der Waals surface area contributed by atoms with Gasteiger partial charge in [0.2, 0.25) is 5.91 Å². The summed E-state index contributed by atoms with van der Waals surface area (Å²) in [4.78, 5) is 13.5. The summed E-state index contributed by atoms with van der Waals surface area (Å²) in [6, 6.07) is 26.5. The van der Waals surface area contributed by atoms with Gasteiger partial charge in [-0.1, -0.05) is 85.8 Å². The Balaban J connectivity index is 1.74. The minimum atomic E-state index is -0.822. The molecule has 3 heteroatoms. The van der Waals surface area contributed by atoms with Crippen molar-refractivity contribution in [3.63, 3.8) is 0 Å². The average molecular weight is 371 g/mol. The van der Waals surface area contributed by atoms with Crippen LogP contribution < -0.4 is 5.32 Å². The predicted molar refractivity (Wildman–Crippen MR) is 112 cm³/mol. The van der Waals surface area contributed by atoms with Crippen LogP contribution in [0.5, 0.6) is 0 Å². The Morgan fingerprint density at radius 3 is 2.04 bits per heavy atom. The van der Waals surface area contributed by atoms with E-state index >= 15 is 0 Å². The molecule has 0 atom stereocenters. The van der Waals surface area contributed by atoms with Crippen LogP contribution in [-0.4, -0.2) is 19.1 Å². The lowest BCUT2D eigenvalue weighted by Crippen LogP contribution is -2.47. The van der Waals surface area contributed by atoms with Gasteiger partial charge in [0.15, 0.2) is 0 Å². The molecule has 3 aromatic carbocycles. The smallest absolute Gasteiger partial charge is 0.237 e. The largest absolute Gasteiger partial charge is 0.375 e. The summed E-state index contributed by atoms with van der Waals surface area (Å²) in [5.41, 5.74) is 4.57. The molecule has 0 unspecified atom stereocenters. The van der Waals surface area contributed by atoms with E-state index in [-0.39, 0.29) is 5.91 Å². The summed E-state index contributed by atoms with van der Waals surface area (Å²) < 4.78 is 6.16. The Hall–Kier alpha value is -2.91. The zero-order chi connectivity index (χ0) is 19.4. The molecular weight excluding hydrogens is 346 g/mol. The summed E-state index contributed by atoms with van der Waals surface area (Å²) in [6.45, 7) is 3.51. The van der Waals surface area contributed by atoms with Gasteiger partial charge in [0, 0.05) is 6.54 Å². The van der Waals surface area contributed by atoms with Crippen LogP contribution in [-0.2, 0) is 21.6 Å². The van der Waals surface area contributed by atoms with Crippen molar-refractivity contribution in [3.05, 3.63) is 95.6 Å². The Labute approximate surface area is 166 Å². The molecule has 1 aliphatic carbocycles. The Morgan fingerprint density at radius 2 is 1.43 bits per heavy atom. The van der Waals surface area contributed by atoms with Gasteiger partial charge in [0.1, 0.15) is 5.41 Å². The molecule has 1 amide bonds. The Kier molecular flexibility index (Phi) is 5.27. The van der Waals surface area contributed by atoms with Crippen LogP contribution in [0.4, 0.5) is 0 Å². The molecule has 0 bridgehead atoms. The topological polar surface area (TPSA) is 38.3 Å². The normalized spacial score (nSPS) is 13.6. The van der Waals surface area contributed by atoms with E-state index < -0.39 is 5.41 Å². The predicted octanol–water partition coefficient (Wildman–Crippen LogP) is 4.70. The molecule has 4 rings (SSSR count). The number of hydrogen-bond donors (Lipinski definition) is 1. The molecule has 0 heterocycles. The van der Waals surface area contributed by atoms with Crippen molar-refractivity contribution in [2.45, 2.75) is 25.4 Å². The molecule has 0 aromatic heterocycles. The van der Waals surface area contributed by atoms with Gasteiger partial charge in [-0.25, -0.2) is 0 Å². The molecule has 142 valence electrons. The van der Waals surface area contributed by atoms with Gasteiger partial charge < -0.3 is 10.1 Å². The first-order valence-corrected chi connectivity index (χ1v) is 9.86. The van der Waals surface area contributed by atoms with Crippen LogP contribution in [0.1, 0.15) is 30.0 Å². The van der Waals surface area contributed by atoms with Crippen LogP contribution in [0.25, 0.3) is 11.1 Å². The van der Waals surface area contributed by atoms with E-state index in [2.05, 4.69) is 36.5 Å². The number of nitrogens with one attached hydrogen (secondary N) is 1. The molecule has 0 aliphatic heterocycles. The third-order valence-electron chi connectivity index (χ3n) is 5.42. The maximum Gasteiger partial charge on any atom is 0.237 e. The van der Waals surface area contributed by atoms with Crippen molar-refractivity contribution in [2.75, 3.05) is 13.2 Å². The van der Waals surface area contributed by atoms with Crippen molar-refractivity contribution < 1.29 is 9.53 Å². The highest BCUT2D eigenvalue weighted by Gasteiger charge is 2.49. The van der Waals surface area contributed by atoms with Crippen LogP contribution in [0, 0.1) is 0 Å². The van der Waals surface area contributed by atoms with E-state index in [1.54, 1.807) is 0 Å². The van der Waals surface area contributed by atoms with Crippen molar-refractivity contribution in [2.24, 2.45) is 0 Å². The highest BCUT2D eigenvalue weighted by Crippen LogP contribution is 2.49. The highest BCUT2D eigenvalue weighted by molar-refractivity contribution is 6.00. The van der Waals surface area contributed by atoms with Crippen molar-refractivity contribution in [1.29, 1.82) is 0 Å². The van der Waals surface area contributed by atoms with Crippen LogP contribution in [0.3, 0.4) is 0 Å². The van der Waals surface area contributed by atoms with Gasteiger partial charge >= 0.3 is 0 Å². The van der Waals surface area contributed by atoms with E-state index in [0.29, 0.717) is 19.8 Å². The fraction of sp³-hybridized carbons (Fsp3) is 0.240. The number of rotatable bonds is 7. The van der Waals surface area contributed by atoms with E-state index in [9.17, 15) is 4.79 Å². The third-order valence-corrected chi connectivity index (χ3v) is 5.42. The first-order valence-electron chi connectivity index (χ1n) is 9.86. The standard InChI is InChI=1S/C25H25NO2/c1-2-16-26-24(27)25(18-28-17-19-10-4-3-5-11-19)22-14-8-6-12-20(22)21-13-7-9-15-23(21)25/h3-15H,2,16-18H2,1H3,(H,26,27). The monoisotopic (exact) mass is 371 g/mol. The summed E-state index contributed by atoms with van der Waals surface area (Å²) >= 11 is 0.